The quantitative estimate of drug-likeness (QED) is 0.749. The molecule has 2 aromatic rings. The fourth-order valence-electron chi connectivity index (χ4n) is 0.980. The van der Waals surface area contributed by atoms with E-state index in [1.54, 1.807) is 23.1 Å². The van der Waals surface area contributed by atoms with Crippen LogP contribution in [0.15, 0.2) is 35.1 Å². The summed E-state index contributed by atoms with van der Waals surface area (Å²) in [6, 6.07) is 7.57. The van der Waals surface area contributed by atoms with E-state index in [9.17, 15) is 4.39 Å². The monoisotopic (exact) mass is 239 g/mol. The molecule has 0 saturated heterocycles. The Morgan fingerprint density at radius 3 is 3.00 bits per heavy atom. The van der Waals surface area contributed by atoms with Crippen molar-refractivity contribution in [3.8, 4) is 5.69 Å². The maximum atomic E-state index is 13.1. The molecular formula is C9H5BrFN2. The van der Waals surface area contributed by atoms with E-state index >= 15 is 0 Å². The van der Waals surface area contributed by atoms with E-state index in [1.165, 1.54) is 12.1 Å². The molecule has 1 radical (unpaired) electrons. The van der Waals surface area contributed by atoms with Crippen LogP contribution >= 0.6 is 15.9 Å². The first-order valence-corrected chi connectivity index (χ1v) is 4.43. The number of hydrogen-bond acceptors (Lipinski definition) is 1. The van der Waals surface area contributed by atoms with E-state index in [2.05, 4.69) is 27.1 Å². The molecule has 0 amide bonds. The lowest BCUT2D eigenvalue weighted by Gasteiger charge is -2.00. The number of hydrogen-bond donors (Lipinski definition) is 0. The highest BCUT2D eigenvalue weighted by Crippen LogP contribution is 2.17. The van der Waals surface area contributed by atoms with Crippen molar-refractivity contribution in [3.63, 3.8) is 0 Å². The highest BCUT2D eigenvalue weighted by molar-refractivity contribution is 9.10. The van der Waals surface area contributed by atoms with Gasteiger partial charge in [0.05, 0.1) is 10.2 Å². The van der Waals surface area contributed by atoms with Crippen molar-refractivity contribution in [3.05, 3.63) is 46.9 Å². The van der Waals surface area contributed by atoms with Crippen LogP contribution in [0.2, 0.25) is 0 Å². The first-order chi connectivity index (χ1) is 6.27. The van der Waals surface area contributed by atoms with Gasteiger partial charge in [-0.3, -0.25) is 0 Å². The van der Waals surface area contributed by atoms with Gasteiger partial charge in [-0.15, -0.1) is 0 Å². The van der Waals surface area contributed by atoms with Gasteiger partial charge in [0.25, 0.3) is 0 Å². The first-order valence-electron chi connectivity index (χ1n) is 3.64. The van der Waals surface area contributed by atoms with E-state index in [-0.39, 0.29) is 5.82 Å². The zero-order valence-corrected chi connectivity index (χ0v) is 8.12. The van der Waals surface area contributed by atoms with E-state index in [4.69, 9.17) is 0 Å². The summed E-state index contributed by atoms with van der Waals surface area (Å²) in [5.41, 5.74) is 0.589. The van der Waals surface area contributed by atoms with E-state index in [0.29, 0.717) is 10.2 Å². The van der Waals surface area contributed by atoms with Crippen LogP contribution in [0.4, 0.5) is 4.39 Å². The maximum Gasteiger partial charge on any atom is 0.139 e. The molecule has 65 valence electrons. The van der Waals surface area contributed by atoms with Crippen LogP contribution in [0.25, 0.3) is 5.69 Å². The number of nitrogens with zero attached hydrogens (tertiary/aromatic N) is 2. The summed E-state index contributed by atoms with van der Waals surface area (Å²) in [6.07, 6.45) is 3.37. The molecule has 0 aliphatic carbocycles. The molecule has 0 bridgehead atoms. The molecule has 0 aliphatic heterocycles. The smallest absolute Gasteiger partial charge is 0.139 e. The highest BCUT2D eigenvalue weighted by atomic mass is 79.9. The Bertz CT molecular complexity index is 412. The van der Waals surface area contributed by atoms with Crippen molar-refractivity contribution in [1.29, 1.82) is 0 Å². The van der Waals surface area contributed by atoms with Crippen molar-refractivity contribution in [2.24, 2.45) is 0 Å². The normalized spacial score (nSPS) is 10.3. The molecular weight excluding hydrogens is 235 g/mol. The lowest BCUT2D eigenvalue weighted by Crippen LogP contribution is -1.95. The van der Waals surface area contributed by atoms with Gasteiger partial charge in [-0.05, 0) is 28.1 Å². The van der Waals surface area contributed by atoms with Crippen LogP contribution in [-0.4, -0.2) is 9.78 Å². The minimum Gasteiger partial charge on any atom is -0.240 e. The molecule has 0 N–H and O–H groups in total. The van der Waals surface area contributed by atoms with Gasteiger partial charge in [0, 0.05) is 24.5 Å². The molecule has 2 nitrogen and oxygen atoms in total. The lowest BCUT2D eigenvalue weighted by atomic mass is 10.3. The zero-order valence-electron chi connectivity index (χ0n) is 6.54. The average molecular weight is 240 g/mol. The molecule has 4 heteroatoms. The van der Waals surface area contributed by atoms with Gasteiger partial charge >= 0.3 is 0 Å². The largest absolute Gasteiger partial charge is 0.240 e. The van der Waals surface area contributed by atoms with Crippen LogP contribution in [0.3, 0.4) is 0 Å². The summed E-state index contributed by atoms with van der Waals surface area (Å²) in [6.45, 7) is 0. The van der Waals surface area contributed by atoms with Gasteiger partial charge in [0.15, 0.2) is 0 Å². The Morgan fingerprint density at radius 2 is 2.38 bits per heavy atom. The number of rotatable bonds is 1. The van der Waals surface area contributed by atoms with E-state index in [0.717, 1.165) is 0 Å². The van der Waals surface area contributed by atoms with Crippen LogP contribution < -0.4 is 0 Å². The minimum atomic E-state index is -0.316. The minimum absolute atomic E-state index is 0.316. The van der Waals surface area contributed by atoms with Crippen LogP contribution in [0.1, 0.15) is 0 Å². The molecule has 0 fully saturated rings. The van der Waals surface area contributed by atoms with Crippen LogP contribution in [0.5, 0.6) is 0 Å². The number of aromatic nitrogens is 2. The SMILES string of the molecule is Fc1cc(-n2cccn2)[c]cc1Br. The van der Waals surface area contributed by atoms with Crippen LogP contribution in [0, 0.1) is 11.9 Å². The summed E-state index contributed by atoms with van der Waals surface area (Å²) in [5, 5.41) is 3.96. The molecule has 13 heavy (non-hydrogen) atoms. The summed E-state index contributed by atoms with van der Waals surface area (Å²) >= 11 is 3.06. The van der Waals surface area contributed by atoms with E-state index < -0.39 is 0 Å². The highest BCUT2D eigenvalue weighted by Gasteiger charge is 2.01. The number of benzene rings is 1. The van der Waals surface area contributed by atoms with Crippen molar-refractivity contribution < 1.29 is 4.39 Å². The first kappa shape index (κ1) is 8.44. The second-order valence-electron chi connectivity index (χ2n) is 2.46. The van der Waals surface area contributed by atoms with Crippen LogP contribution in [-0.2, 0) is 0 Å². The van der Waals surface area contributed by atoms with Gasteiger partial charge < -0.3 is 0 Å². The molecule has 0 saturated carbocycles. The predicted octanol–water partition coefficient (Wildman–Crippen LogP) is 2.57. The van der Waals surface area contributed by atoms with Gasteiger partial charge in [-0.1, -0.05) is 0 Å². The lowest BCUT2D eigenvalue weighted by molar-refractivity contribution is 0.618. The van der Waals surface area contributed by atoms with Crippen molar-refractivity contribution in [1.82, 2.24) is 9.78 Å². The Kier molecular flexibility index (Phi) is 2.14. The third kappa shape index (κ3) is 1.62. The van der Waals surface area contributed by atoms with Crippen molar-refractivity contribution >= 4 is 15.9 Å². The van der Waals surface area contributed by atoms with E-state index in [1.807, 2.05) is 0 Å². The Hall–Kier alpha value is -1.16. The van der Waals surface area contributed by atoms with Gasteiger partial charge in [0.1, 0.15) is 5.82 Å². The fraction of sp³-hybridized carbons (Fsp3) is 0. The Balaban J connectivity index is 2.49. The molecule has 0 spiro atoms. The molecule has 0 unspecified atom stereocenters. The molecule has 0 aliphatic rings. The average Bonchev–Trinajstić information content (AvgIpc) is 2.62. The molecule has 2 rings (SSSR count). The number of halogens is 2. The molecule has 1 aromatic heterocycles. The van der Waals surface area contributed by atoms with Gasteiger partial charge in [-0.25, -0.2) is 9.07 Å². The van der Waals surface area contributed by atoms with Crippen molar-refractivity contribution in [2.45, 2.75) is 0 Å². The summed E-state index contributed by atoms with van der Waals surface area (Å²) in [4.78, 5) is 0. The predicted molar refractivity (Wildman–Crippen MR) is 50.1 cm³/mol. The maximum absolute atomic E-state index is 13.1. The van der Waals surface area contributed by atoms with Gasteiger partial charge in [0.2, 0.25) is 0 Å². The Labute approximate surface area is 83.1 Å². The summed E-state index contributed by atoms with van der Waals surface area (Å²) in [5.74, 6) is -0.316. The van der Waals surface area contributed by atoms with Crippen molar-refractivity contribution in [2.75, 3.05) is 0 Å². The summed E-state index contributed by atoms with van der Waals surface area (Å²) in [7, 11) is 0. The Morgan fingerprint density at radius 1 is 1.54 bits per heavy atom. The third-order valence-corrected chi connectivity index (χ3v) is 2.20. The van der Waals surface area contributed by atoms with Gasteiger partial charge in [-0.2, -0.15) is 5.10 Å². The molecule has 0 atom stereocenters. The standard InChI is InChI=1S/C9H5BrFN2/c10-8-3-2-7(6-9(8)11)13-5-1-4-12-13/h1,3-6H. The summed E-state index contributed by atoms with van der Waals surface area (Å²) < 4.78 is 15.0. The second-order valence-corrected chi connectivity index (χ2v) is 3.32. The topological polar surface area (TPSA) is 17.8 Å². The second kappa shape index (κ2) is 3.30. The fourth-order valence-corrected chi connectivity index (χ4v) is 1.21. The third-order valence-electron chi connectivity index (χ3n) is 1.59. The zero-order chi connectivity index (χ0) is 9.26. The molecule has 1 aromatic carbocycles. The molecule has 1 heterocycles.